The van der Waals surface area contributed by atoms with Gasteiger partial charge in [0, 0.05) is 11.1 Å². The van der Waals surface area contributed by atoms with Crippen LogP contribution in [0, 0.1) is 0 Å². The van der Waals surface area contributed by atoms with Gasteiger partial charge in [-0.15, -0.1) is 0 Å². The van der Waals surface area contributed by atoms with E-state index in [1.807, 2.05) is 12.1 Å². The fraction of sp³-hybridized carbons (Fsp3) is 0.462. The molecule has 0 spiro atoms. The molecule has 0 aromatic heterocycles. The first-order valence-electron chi connectivity index (χ1n) is 5.76. The molecule has 1 atom stereocenters. The molecule has 0 radical (unpaired) electrons. The van der Waals surface area contributed by atoms with Crippen molar-refractivity contribution in [1.82, 2.24) is 5.32 Å². The summed E-state index contributed by atoms with van der Waals surface area (Å²) in [5.74, 6) is 0.00127. The van der Waals surface area contributed by atoms with E-state index in [0.717, 1.165) is 18.4 Å². The van der Waals surface area contributed by atoms with Crippen LogP contribution in [0.4, 0.5) is 0 Å². The van der Waals surface area contributed by atoms with Gasteiger partial charge in [0.15, 0.2) is 0 Å². The normalized spacial score (nSPS) is 18.5. The summed E-state index contributed by atoms with van der Waals surface area (Å²) in [5, 5.41) is 12.4. The van der Waals surface area contributed by atoms with Crippen molar-refractivity contribution >= 4 is 17.5 Å². The average molecular weight is 254 g/mol. The minimum atomic E-state index is -0.395. The molecular formula is C13H16ClNO2. The quantitative estimate of drug-likeness (QED) is 0.861. The van der Waals surface area contributed by atoms with E-state index >= 15 is 0 Å². The third kappa shape index (κ3) is 2.45. The van der Waals surface area contributed by atoms with Crippen LogP contribution in [0.25, 0.3) is 0 Å². The Balaban J connectivity index is 2.14. The molecule has 1 saturated carbocycles. The first-order valence-corrected chi connectivity index (χ1v) is 6.14. The first kappa shape index (κ1) is 12.4. The number of carbonyl (C=O) groups excluding carboxylic acids is 1. The molecule has 3 nitrogen and oxygen atoms in total. The Labute approximate surface area is 106 Å². The molecule has 1 aromatic rings. The summed E-state index contributed by atoms with van der Waals surface area (Å²) >= 11 is 5.83. The van der Waals surface area contributed by atoms with Gasteiger partial charge < -0.3 is 10.4 Å². The summed E-state index contributed by atoms with van der Waals surface area (Å²) in [7, 11) is 0. The molecular weight excluding hydrogens is 238 g/mol. The van der Waals surface area contributed by atoms with Gasteiger partial charge in [0.1, 0.15) is 0 Å². The summed E-state index contributed by atoms with van der Waals surface area (Å²) in [5.41, 5.74) is 0.609. The van der Waals surface area contributed by atoms with Crippen LogP contribution in [0.1, 0.15) is 25.3 Å². The second-order valence-corrected chi connectivity index (χ2v) is 5.08. The molecule has 1 aliphatic rings. The maximum Gasteiger partial charge on any atom is 0.230 e. The Morgan fingerprint density at radius 2 is 2.06 bits per heavy atom. The molecule has 0 saturated heterocycles. The van der Waals surface area contributed by atoms with Crippen molar-refractivity contribution < 1.29 is 9.90 Å². The number of rotatable bonds is 4. The van der Waals surface area contributed by atoms with Crippen LogP contribution in [0.3, 0.4) is 0 Å². The molecule has 1 aliphatic carbocycles. The Morgan fingerprint density at radius 3 is 2.53 bits per heavy atom. The Bertz CT molecular complexity index is 412. The number of hydrogen-bond donors (Lipinski definition) is 2. The number of carbonyl (C=O) groups is 1. The van der Waals surface area contributed by atoms with E-state index in [1.165, 1.54) is 0 Å². The van der Waals surface area contributed by atoms with E-state index in [4.69, 9.17) is 16.7 Å². The highest BCUT2D eigenvalue weighted by atomic mass is 35.5. The van der Waals surface area contributed by atoms with Gasteiger partial charge in [0.05, 0.1) is 12.0 Å². The Kier molecular flexibility index (Phi) is 3.40. The third-order valence-corrected chi connectivity index (χ3v) is 3.48. The number of halogens is 1. The van der Waals surface area contributed by atoms with Crippen molar-refractivity contribution in [3.63, 3.8) is 0 Å². The number of benzene rings is 1. The molecule has 1 fully saturated rings. The van der Waals surface area contributed by atoms with Gasteiger partial charge in [-0.2, -0.15) is 0 Å². The molecule has 0 bridgehead atoms. The molecule has 2 rings (SSSR count). The lowest BCUT2D eigenvalue weighted by molar-refractivity contribution is -0.124. The number of amides is 1. The van der Waals surface area contributed by atoms with Gasteiger partial charge >= 0.3 is 0 Å². The van der Waals surface area contributed by atoms with Crippen LogP contribution >= 0.6 is 11.6 Å². The van der Waals surface area contributed by atoms with E-state index in [1.54, 1.807) is 19.1 Å². The van der Waals surface area contributed by atoms with Crippen molar-refractivity contribution in [2.75, 3.05) is 6.61 Å². The summed E-state index contributed by atoms with van der Waals surface area (Å²) in [6.45, 7) is 1.75. The van der Waals surface area contributed by atoms with Crippen molar-refractivity contribution in [1.29, 1.82) is 0 Å². The minimum Gasteiger partial charge on any atom is -0.394 e. The summed E-state index contributed by atoms with van der Waals surface area (Å²) in [4.78, 5) is 12.1. The van der Waals surface area contributed by atoms with Crippen molar-refractivity contribution in [2.24, 2.45) is 0 Å². The van der Waals surface area contributed by atoms with Gasteiger partial charge in [0.2, 0.25) is 5.91 Å². The zero-order valence-corrected chi connectivity index (χ0v) is 10.5. The van der Waals surface area contributed by atoms with Gasteiger partial charge in [-0.3, -0.25) is 4.79 Å². The topological polar surface area (TPSA) is 49.3 Å². The van der Waals surface area contributed by atoms with Crippen LogP contribution < -0.4 is 5.32 Å². The number of hydrogen-bond acceptors (Lipinski definition) is 2. The first-order chi connectivity index (χ1) is 8.08. The van der Waals surface area contributed by atoms with Crippen LogP contribution in [0.15, 0.2) is 24.3 Å². The van der Waals surface area contributed by atoms with E-state index in [9.17, 15) is 4.79 Å². The number of aliphatic hydroxyl groups is 1. The minimum absolute atomic E-state index is 0.00127. The van der Waals surface area contributed by atoms with Crippen LogP contribution in [-0.4, -0.2) is 23.7 Å². The SMILES string of the molecule is C[C@H](CO)NC(=O)C1(c2ccc(Cl)cc2)CC1. The van der Waals surface area contributed by atoms with Gasteiger partial charge in [0.25, 0.3) is 0 Å². The largest absolute Gasteiger partial charge is 0.394 e. The van der Waals surface area contributed by atoms with Gasteiger partial charge in [-0.1, -0.05) is 23.7 Å². The van der Waals surface area contributed by atoms with Crippen LogP contribution in [-0.2, 0) is 10.2 Å². The second-order valence-electron chi connectivity index (χ2n) is 4.65. The fourth-order valence-electron chi connectivity index (χ4n) is 1.95. The molecule has 92 valence electrons. The predicted molar refractivity (Wildman–Crippen MR) is 67.1 cm³/mol. The smallest absolute Gasteiger partial charge is 0.230 e. The third-order valence-electron chi connectivity index (χ3n) is 3.23. The van der Waals surface area contributed by atoms with Crippen molar-refractivity contribution in [3.05, 3.63) is 34.9 Å². The van der Waals surface area contributed by atoms with Crippen molar-refractivity contribution in [3.8, 4) is 0 Å². The molecule has 0 aliphatic heterocycles. The molecule has 2 N–H and O–H groups in total. The molecule has 1 amide bonds. The van der Waals surface area contributed by atoms with Crippen molar-refractivity contribution in [2.45, 2.75) is 31.2 Å². The van der Waals surface area contributed by atoms with E-state index < -0.39 is 5.41 Å². The highest BCUT2D eigenvalue weighted by Gasteiger charge is 2.51. The lowest BCUT2D eigenvalue weighted by Gasteiger charge is -2.18. The molecule has 17 heavy (non-hydrogen) atoms. The molecule has 4 heteroatoms. The van der Waals surface area contributed by atoms with E-state index in [0.29, 0.717) is 5.02 Å². The summed E-state index contributed by atoms with van der Waals surface area (Å²) in [6, 6.07) is 7.21. The van der Waals surface area contributed by atoms with E-state index in [2.05, 4.69) is 5.32 Å². The monoisotopic (exact) mass is 253 g/mol. The maximum absolute atomic E-state index is 12.1. The average Bonchev–Trinajstić information content (AvgIpc) is 3.11. The second kappa shape index (κ2) is 4.67. The summed E-state index contributed by atoms with van der Waals surface area (Å²) in [6.07, 6.45) is 1.72. The lowest BCUT2D eigenvalue weighted by atomic mass is 9.95. The fourth-order valence-corrected chi connectivity index (χ4v) is 2.07. The van der Waals surface area contributed by atoms with Crippen LogP contribution in [0.2, 0.25) is 5.02 Å². The standard InChI is InChI=1S/C13H16ClNO2/c1-9(8-16)15-12(17)13(6-7-13)10-2-4-11(14)5-3-10/h2-5,9,16H,6-8H2,1H3,(H,15,17)/t9-/m1/s1. The Hall–Kier alpha value is -1.06. The molecule has 1 aromatic carbocycles. The highest BCUT2D eigenvalue weighted by Crippen LogP contribution is 2.48. The zero-order chi connectivity index (χ0) is 12.5. The lowest BCUT2D eigenvalue weighted by Crippen LogP contribution is -2.41. The summed E-state index contributed by atoms with van der Waals surface area (Å²) < 4.78 is 0. The number of aliphatic hydroxyl groups excluding tert-OH is 1. The molecule has 0 unspecified atom stereocenters. The highest BCUT2D eigenvalue weighted by molar-refractivity contribution is 6.30. The molecule has 0 heterocycles. The number of nitrogens with one attached hydrogen (secondary N) is 1. The maximum atomic E-state index is 12.1. The van der Waals surface area contributed by atoms with E-state index in [-0.39, 0.29) is 18.6 Å². The predicted octanol–water partition coefficient (Wildman–Crippen LogP) is 1.87. The zero-order valence-electron chi connectivity index (χ0n) is 9.74. The Morgan fingerprint density at radius 1 is 1.47 bits per heavy atom. The van der Waals surface area contributed by atoms with Crippen LogP contribution in [0.5, 0.6) is 0 Å². The van der Waals surface area contributed by atoms with Gasteiger partial charge in [-0.25, -0.2) is 0 Å². The van der Waals surface area contributed by atoms with Gasteiger partial charge in [-0.05, 0) is 37.5 Å².